The van der Waals surface area contributed by atoms with Crippen molar-refractivity contribution in [2.75, 3.05) is 84.4 Å². The van der Waals surface area contributed by atoms with Crippen LogP contribution < -0.4 is 39.9 Å². The van der Waals surface area contributed by atoms with Crippen molar-refractivity contribution in [3.05, 3.63) is 93.8 Å². The van der Waals surface area contributed by atoms with E-state index in [0.29, 0.717) is 9.13 Å². The number of aromatic nitrogens is 16. The van der Waals surface area contributed by atoms with Gasteiger partial charge >= 0.3 is 58.3 Å². The van der Waals surface area contributed by atoms with Crippen molar-refractivity contribution < 1.29 is 167 Å². The molecule has 14 rings (SSSR count). The number of anilines is 4. The summed E-state index contributed by atoms with van der Waals surface area (Å²) in [5.41, 5.74) is 20.2. The lowest BCUT2D eigenvalue weighted by molar-refractivity contribution is -0.0656. The number of ether oxygens (including phenoxy) is 9. The summed E-state index contributed by atoms with van der Waals surface area (Å²) in [6, 6.07) is 1.86. The SMILES string of the molecule is CO[C@H]1C(OP(=O)(O)OC[C@H]2O[C@@H](n3ccc(N)nc3=O)[C@@H](F)C2OP(=O)(O)OC[C@H]2O[C@@H](n3cnc4c(N)ncnc43)[C@@H](OC)C2OP(=O)(O)OC[C@H]2O[C@@H](n3cnc4c(N)ncnc43)[C@@H](F)C2OP(=O)(O)OC[C@H]2O[C@@H](n3cnc4c(N)ncnc43)[C@@H](OC)C2OP(=O)(O)OC)[C@@H](COP(=O)(O)OC2[C@@H](C)O[C@@H](C)[C@H]2F)O[C@H]1n1ccc(=O)[nH]c1=O. The number of nitrogens with two attached hydrogens (primary N) is 4. The van der Waals surface area contributed by atoms with Crippen LogP contribution in [0, 0.1) is 0 Å². The summed E-state index contributed by atoms with van der Waals surface area (Å²) in [6.45, 7) is -3.78. The molecule has 14 heterocycles. The van der Waals surface area contributed by atoms with Gasteiger partial charge in [-0.1, -0.05) is 0 Å². The van der Waals surface area contributed by atoms with E-state index in [0.717, 1.165) is 93.7 Å². The van der Waals surface area contributed by atoms with E-state index >= 15 is 13.2 Å². The number of phosphoric ester groups is 6. The smallest absolute Gasteiger partial charge is 0.383 e. The second kappa shape index (κ2) is 36.3. The maximum atomic E-state index is 17.5. The van der Waals surface area contributed by atoms with Gasteiger partial charge in [-0.2, -0.15) is 4.98 Å². The quantitative estimate of drug-likeness (QED) is 0.0223. The molecule has 12 unspecified atom stereocenters. The van der Waals surface area contributed by atoms with E-state index in [4.69, 9.17) is 115 Å². The molecular weight excluding hydrogens is 1800 g/mol. The maximum Gasteiger partial charge on any atom is 0.472 e. The summed E-state index contributed by atoms with van der Waals surface area (Å²) in [6.07, 6.45) is -38.1. The minimum Gasteiger partial charge on any atom is -0.383 e. The number of nitrogen functional groups attached to an aromatic ring is 4. The predicted octanol–water partition coefficient (Wildman–Crippen LogP) is -0.361. The van der Waals surface area contributed by atoms with Crippen LogP contribution in [-0.2, 0) is 124 Å². The molecule has 65 heteroatoms. The second-order valence-electron chi connectivity index (χ2n) is 27.5. The van der Waals surface area contributed by atoms with Gasteiger partial charge in [-0.15, -0.1) is 0 Å². The van der Waals surface area contributed by atoms with Gasteiger partial charge in [-0.3, -0.25) is 86.9 Å². The highest BCUT2D eigenvalue weighted by atomic mass is 31.2. The van der Waals surface area contributed by atoms with Crippen LogP contribution in [0.15, 0.2) is 76.9 Å². The molecule has 15 N–H and O–H groups in total. The Morgan fingerprint density at radius 2 is 0.724 bits per heavy atom. The van der Waals surface area contributed by atoms with Gasteiger partial charge in [0, 0.05) is 46.9 Å². The Labute approximate surface area is 685 Å². The molecular formula is C58H77F3N20O36P6. The zero-order valence-electron chi connectivity index (χ0n) is 63.9. The first kappa shape index (κ1) is 91.7. The van der Waals surface area contributed by atoms with Gasteiger partial charge < -0.3 is 94.9 Å². The minimum atomic E-state index is -6.02. The lowest BCUT2D eigenvalue weighted by atomic mass is 10.1. The summed E-state index contributed by atoms with van der Waals surface area (Å²) in [4.78, 5) is 149. The van der Waals surface area contributed by atoms with Gasteiger partial charge in [-0.25, -0.2) is 95.0 Å². The summed E-state index contributed by atoms with van der Waals surface area (Å²) in [7, 11) is -29.9. The molecule has 6 saturated heterocycles. The molecule has 30 atom stereocenters. The van der Waals surface area contributed by atoms with Crippen LogP contribution in [-0.4, -0.2) is 285 Å². The van der Waals surface area contributed by atoms with E-state index in [9.17, 15) is 71.1 Å². The summed E-state index contributed by atoms with van der Waals surface area (Å²) in [5.74, 6) is -0.845. The van der Waals surface area contributed by atoms with E-state index in [1.807, 2.05) is 4.98 Å². The fourth-order valence-electron chi connectivity index (χ4n) is 14.2. The highest BCUT2D eigenvalue weighted by Crippen LogP contribution is 2.58. The first-order chi connectivity index (χ1) is 58.1. The number of nitrogens with zero attached hydrogens (tertiary/aromatic N) is 15. The fraction of sp³-hybridized carbons (Fsp3) is 0.603. The highest BCUT2D eigenvalue weighted by Gasteiger charge is 2.59. The van der Waals surface area contributed by atoms with Crippen molar-refractivity contribution in [2.45, 2.75) is 161 Å². The normalized spacial score (nSPS) is 33.5. The van der Waals surface area contributed by atoms with Gasteiger partial charge in [0.2, 0.25) is 0 Å². The molecule has 0 aromatic carbocycles. The van der Waals surface area contributed by atoms with Crippen molar-refractivity contribution >= 4 is 104 Å². The summed E-state index contributed by atoms with van der Waals surface area (Å²) < 4.78 is 255. The van der Waals surface area contributed by atoms with E-state index in [-0.39, 0.29) is 50.9 Å². The lowest BCUT2D eigenvalue weighted by Crippen LogP contribution is -2.40. The number of aromatic amines is 1. The molecule has 0 amide bonds. The van der Waals surface area contributed by atoms with Crippen molar-refractivity contribution in [1.29, 1.82) is 0 Å². The topological polar surface area (TPSA) is 742 Å². The van der Waals surface area contributed by atoms with Gasteiger partial charge in [0.05, 0.1) is 64.2 Å². The van der Waals surface area contributed by atoms with E-state index < -0.39 is 250 Å². The molecule has 0 spiro atoms. The van der Waals surface area contributed by atoms with Crippen LogP contribution >= 0.6 is 46.9 Å². The molecule has 123 heavy (non-hydrogen) atoms. The third kappa shape index (κ3) is 19.5. The number of nitrogens with one attached hydrogen (secondary N) is 1. The van der Waals surface area contributed by atoms with E-state index in [1.165, 1.54) is 24.7 Å². The van der Waals surface area contributed by atoms with E-state index in [1.54, 1.807) is 0 Å². The van der Waals surface area contributed by atoms with Crippen molar-refractivity contribution in [3.8, 4) is 0 Å². The average molecular weight is 1870 g/mol. The Morgan fingerprint density at radius 3 is 1.07 bits per heavy atom. The van der Waals surface area contributed by atoms with Gasteiger partial charge in [0.25, 0.3) is 5.56 Å². The first-order valence-corrected chi connectivity index (χ1v) is 44.8. The minimum absolute atomic E-state index is 0.0513. The van der Waals surface area contributed by atoms with Crippen LogP contribution in [0.3, 0.4) is 0 Å². The van der Waals surface area contributed by atoms with Gasteiger partial charge in [-0.05, 0) is 19.9 Å². The van der Waals surface area contributed by atoms with Crippen LogP contribution in [0.4, 0.5) is 36.4 Å². The monoisotopic (exact) mass is 1870 g/mol. The Balaban J connectivity index is 0.706. The number of H-pyrrole nitrogens is 1. The zero-order valence-corrected chi connectivity index (χ0v) is 69.3. The third-order valence-corrected chi connectivity index (χ3v) is 25.8. The fourth-order valence-corrected chi connectivity index (χ4v) is 19.7. The number of imidazole rings is 3. The van der Waals surface area contributed by atoms with Gasteiger partial charge in [0.1, 0.15) is 127 Å². The standard InChI is InChI=1S/C58H77F3N20O36P6/c1-22-31(59)37(23(2)106-22)112-119(87,88)103-14-27-41(43(97-3)54(109-27)78-10-8-30(82)76-58(78)84)116-122(93,94)101-11-24-38(32(60)52(107-24)77-9-7-29(62)75-57(77)83)113-120(89,90)105-15-28-42(45(99-5)56(111-28)81-21-74-36-48(65)68-18-71-51(36)81)117-123(95,96)102-12-25-39(33(61)53(108-25)79-19-72-34-46(63)66-16-69-49(34)79)114-121(91,92)104-13-26-40(115-118(85,86)100-6)44(98-4)55(110-26)80-20-73-35-47(64)67-17-70-50(35)80/h7-10,16-28,31-33,37-45,52-56H,11-15H2,1-6H3,(H,85,86)(H,87,88)(H,89,90)(H,91,92)(H,93,94)(H,95,96)(H2,62,75,83)(H2,63,66,69)(H2,64,67,70)(H2,65,68,71)(H,76,82,84)/t22-,23+,24+,25+,26+,27+,28+,31+,32-,33-,37?,38?,39?,40?,41?,42?,43-,44-,45-,52+,53+,54+,55+,56+/m0/s1. The number of alkyl halides is 3. The Hall–Kier alpha value is -7.50. The predicted molar refractivity (Wildman–Crippen MR) is 395 cm³/mol. The summed E-state index contributed by atoms with van der Waals surface area (Å²) in [5, 5.41) is 0. The zero-order chi connectivity index (χ0) is 88.5. The second-order valence-corrected chi connectivity index (χ2v) is 36.1. The number of methoxy groups -OCH3 is 3. The number of rotatable bonds is 36. The molecule has 8 aromatic rings. The first-order valence-electron chi connectivity index (χ1n) is 35.9. The number of halogens is 3. The average Bonchev–Trinajstić information content (AvgIpc) is 1.61. The number of fused-ring (bicyclic) bond motifs is 3. The maximum absolute atomic E-state index is 17.5. The molecule has 0 saturated carbocycles. The van der Waals surface area contributed by atoms with Crippen LogP contribution in [0.2, 0.25) is 0 Å². The van der Waals surface area contributed by atoms with E-state index in [2.05, 4.69) is 54.4 Å². The van der Waals surface area contributed by atoms with Crippen molar-refractivity contribution in [2.24, 2.45) is 0 Å². The van der Waals surface area contributed by atoms with Gasteiger partial charge in [0.15, 0.2) is 84.0 Å². The lowest BCUT2D eigenvalue weighted by Gasteiger charge is -2.27. The third-order valence-electron chi connectivity index (χ3n) is 19.9. The Kier molecular flexibility index (Phi) is 27.1. The molecule has 6 fully saturated rings. The Bertz CT molecular complexity index is 5680. The summed E-state index contributed by atoms with van der Waals surface area (Å²) >= 11 is 0. The van der Waals surface area contributed by atoms with Crippen LogP contribution in [0.5, 0.6) is 0 Å². The highest BCUT2D eigenvalue weighted by molar-refractivity contribution is 7.48. The van der Waals surface area contributed by atoms with Crippen molar-refractivity contribution in [3.63, 3.8) is 0 Å². The van der Waals surface area contributed by atoms with Crippen LogP contribution in [0.25, 0.3) is 33.5 Å². The number of phosphoric acid groups is 6. The molecule has 8 aromatic heterocycles. The molecule has 6 aliphatic rings. The Morgan fingerprint density at radius 1 is 0.398 bits per heavy atom. The molecule has 0 radical (unpaired) electrons. The number of hydrogen-bond acceptors (Lipinski definition) is 44. The number of hydrogen-bond donors (Lipinski definition) is 11. The van der Waals surface area contributed by atoms with Crippen LogP contribution in [0.1, 0.15) is 45.0 Å². The van der Waals surface area contributed by atoms with Crippen molar-refractivity contribution in [1.82, 2.24) is 77.7 Å². The molecule has 6 aliphatic heterocycles. The molecule has 0 aliphatic carbocycles. The molecule has 0 bridgehead atoms. The molecule has 676 valence electrons. The molecule has 56 nitrogen and oxygen atoms in total. The largest absolute Gasteiger partial charge is 0.472 e.